The highest BCUT2D eigenvalue weighted by Crippen LogP contribution is 2.54. The zero-order valence-electron chi connectivity index (χ0n) is 18.3. The van der Waals surface area contributed by atoms with E-state index in [-0.39, 0.29) is 0 Å². The normalized spacial score (nSPS) is 29.0. The van der Waals surface area contributed by atoms with Crippen LogP contribution < -0.4 is 4.74 Å². The number of phenolic OH excluding ortho intramolecular Hbond substituents is 1. The minimum atomic E-state index is 0.300. The van der Waals surface area contributed by atoms with Crippen molar-refractivity contribution in [2.24, 2.45) is 23.7 Å². The summed E-state index contributed by atoms with van der Waals surface area (Å²) in [6.07, 6.45) is 10.7. The third kappa shape index (κ3) is 4.61. The molecule has 164 valence electrons. The fourth-order valence-electron chi connectivity index (χ4n) is 6.51. The average Bonchev–Trinajstić information content (AvgIpc) is 2.79. The molecular formula is C28H34O3. The van der Waals surface area contributed by atoms with Gasteiger partial charge in [-0.2, -0.15) is 0 Å². The molecule has 1 N–H and O–H groups in total. The van der Waals surface area contributed by atoms with Crippen LogP contribution in [0.25, 0.3) is 5.76 Å². The van der Waals surface area contributed by atoms with Crippen molar-refractivity contribution in [3.8, 4) is 11.5 Å². The standard InChI is InChI=1S/C28H34O3/c29-24-11-5-10-23(19-24)28(31-16-15-30-25-12-2-1-3-13-25)26-14-6-9-22-18-20-7-4-8-21(17-20)27(22)26/h1-3,5,10-13,19-22,27,29H,4,6-9,14-18H2. The Balaban J connectivity index is 1.40. The summed E-state index contributed by atoms with van der Waals surface area (Å²) in [7, 11) is 0. The van der Waals surface area contributed by atoms with Gasteiger partial charge in [-0.25, -0.2) is 0 Å². The largest absolute Gasteiger partial charge is 0.508 e. The Hall–Kier alpha value is -2.42. The van der Waals surface area contributed by atoms with Gasteiger partial charge in [0.25, 0.3) is 0 Å². The first kappa shape index (κ1) is 20.5. The molecule has 5 rings (SSSR count). The maximum Gasteiger partial charge on any atom is 0.126 e. The van der Waals surface area contributed by atoms with E-state index in [2.05, 4.69) is 6.07 Å². The van der Waals surface area contributed by atoms with Crippen LogP contribution in [-0.4, -0.2) is 18.3 Å². The zero-order chi connectivity index (χ0) is 21.0. The first-order chi connectivity index (χ1) is 15.3. The van der Waals surface area contributed by atoms with Gasteiger partial charge >= 0.3 is 0 Å². The van der Waals surface area contributed by atoms with Crippen LogP contribution in [0.1, 0.15) is 56.9 Å². The maximum absolute atomic E-state index is 10.2. The number of benzene rings is 2. The number of fused-ring (bicyclic) bond motifs is 4. The Kier molecular flexibility index (Phi) is 6.20. The molecule has 2 aromatic rings. The topological polar surface area (TPSA) is 38.7 Å². The van der Waals surface area contributed by atoms with Gasteiger partial charge < -0.3 is 14.6 Å². The molecule has 3 heteroatoms. The molecule has 0 heterocycles. The van der Waals surface area contributed by atoms with E-state index >= 15 is 0 Å². The van der Waals surface area contributed by atoms with E-state index in [4.69, 9.17) is 9.47 Å². The summed E-state index contributed by atoms with van der Waals surface area (Å²) in [5.41, 5.74) is 2.51. The molecule has 4 unspecified atom stereocenters. The Morgan fingerprint density at radius 3 is 2.48 bits per heavy atom. The van der Waals surface area contributed by atoms with Crippen LogP contribution in [0.3, 0.4) is 0 Å². The summed E-state index contributed by atoms with van der Waals surface area (Å²) in [5, 5.41) is 10.2. The fraction of sp³-hybridized carbons (Fsp3) is 0.500. The lowest BCUT2D eigenvalue weighted by Crippen LogP contribution is -2.39. The lowest BCUT2D eigenvalue weighted by molar-refractivity contribution is 0.0624. The van der Waals surface area contributed by atoms with E-state index in [1.807, 2.05) is 42.5 Å². The van der Waals surface area contributed by atoms with Crippen molar-refractivity contribution >= 4 is 5.76 Å². The predicted molar refractivity (Wildman–Crippen MR) is 124 cm³/mol. The first-order valence-corrected chi connectivity index (χ1v) is 12.1. The number of allylic oxidation sites excluding steroid dienone is 1. The van der Waals surface area contributed by atoms with Crippen molar-refractivity contribution < 1.29 is 14.6 Å². The van der Waals surface area contributed by atoms with Gasteiger partial charge in [0, 0.05) is 5.56 Å². The molecule has 3 aliphatic carbocycles. The zero-order valence-corrected chi connectivity index (χ0v) is 18.3. The molecule has 3 fully saturated rings. The summed E-state index contributed by atoms with van der Waals surface area (Å²) in [5.74, 6) is 5.39. The molecule has 0 radical (unpaired) electrons. The summed E-state index contributed by atoms with van der Waals surface area (Å²) in [6.45, 7) is 1.02. The van der Waals surface area contributed by atoms with Crippen molar-refractivity contribution in [3.05, 3.63) is 65.7 Å². The molecule has 2 aromatic carbocycles. The van der Waals surface area contributed by atoms with E-state index in [0.29, 0.717) is 24.9 Å². The molecule has 0 spiro atoms. The van der Waals surface area contributed by atoms with Crippen molar-refractivity contribution in [2.45, 2.75) is 51.4 Å². The highest BCUT2D eigenvalue weighted by atomic mass is 16.5. The molecule has 3 saturated carbocycles. The molecular weight excluding hydrogens is 384 g/mol. The second-order valence-corrected chi connectivity index (χ2v) is 9.62. The molecule has 0 amide bonds. The number of aromatic hydroxyl groups is 1. The molecule has 4 atom stereocenters. The van der Waals surface area contributed by atoms with E-state index in [9.17, 15) is 5.11 Å². The van der Waals surface area contributed by atoms with Crippen LogP contribution in [-0.2, 0) is 4.74 Å². The smallest absolute Gasteiger partial charge is 0.126 e. The lowest BCUT2D eigenvalue weighted by Gasteiger charge is -2.49. The number of ether oxygens (including phenoxy) is 2. The number of hydrogen-bond acceptors (Lipinski definition) is 3. The second kappa shape index (κ2) is 9.38. The molecule has 0 saturated heterocycles. The minimum absolute atomic E-state index is 0.300. The van der Waals surface area contributed by atoms with Gasteiger partial charge in [-0.05, 0) is 92.0 Å². The highest BCUT2D eigenvalue weighted by Gasteiger charge is 2.44. The first-order valence-electron chi connectivity index (χ1n) is 12.1. The van der Waals surface area contributed by atoms with Crippen molar-refractivity contribution in [1.29, 1.82) is 0 Å². The second-order valence-electron chi connectivity index (χ2n) is 9.62. The van der Waals surface area contributed by atoms with E-state index in [0.717, 1.165) is 41.2 Å². The van der Waals surface area contributed by atoms with Crippen LogP contribution in [0.4, 0.5) is 0 Å². The monoisotopic (exact) mass is 418 g/mol. The third-order valence-corrected chi connectivity index (χ3v) is 7.64. The van der Waals surface area contributed by atoms with Gasteiger partial charge in [-0.3, -0.25) is 0 Å². The Morgan fingerprint density at radius 1 is 0.871 bits per heavy atom. The number of phenols is 1. The molecule has 3 aliphatic rings. The van der Waals surface area contributed by atoms with E-state index in [1.165, 1.54) is 50.5 Å². The summed E-state index contributed by atoms with van der Waals surface area (Å²) < 4.78 is 12.4. The fourth-order valence-corrected chi connectivity index (χ4v) is 6.51. The Bertz CT molecular complexity index is 899. The van der Waals surface area contributed by atoms with Crippen molar-refractivity contribution in [3.63, 3.8) is 0 Å². The van der Waals surface area contributed by atoms with Crippen LogP contribution in [0.15, 0.2) is 60.2 Å². The van der Waals surface area contributed by atoms with Gasteiger partial charge in [-0.1, -0.05) is 43.2 Å². The Morgan fingerprint density at radius 2 is 1.68 bits per heavy atom. The van der Waals surface area contributed by atoms with E-state index < -0.39 is 0 Å². The van der Waals surface area contributed by atoms with Crippen molar-refractivity contribution in [1.82, 2.24) is 0 Å². The Labute approximate surface area is 186 Å². The van der Waals surface area contributed by atoms with E-state index in [1.54, 1.807) is 6.07 Å². The molecule has 3 nitrogen and oxygen atoms in total. The van der Waals surface area contributed by atoms with Gasteiger partial charge in [0.1, 0.15) is 30.5 Å². The quantitative estimate of drug-likeness (QED) is 0.413. The SMILES string of the molecule is Oc1cccc(C(OCCOc2ccccc2)=C2CCCC3CC4CCCC(C4)C23)c1. The van der Waals surface area contributed by atoms with Gasteiger partial charge in [0.15, 0.2) is 0 Å². The van der Waals surface area contributed by atoms with Gasteiger partial charge in [-0.15, -0.1) is 0 Å². The minimum Gasteiger partial charge on any atom is -0.508 e. The summed E-state index contributed by atoms with van der Waals surface area (Å²) in [4.78, 5) is 0. The molecule has 0 aromatic heterocycles. The maximum atomic E-state index is 10.2. The number of hydrogen-bond donors (Lipinski definition) is 1. The lowest BCUT2D eigenvalue weighted by atomic mass is 9.56. The van der Waals surface area contributed by atoms with Crippen molar-refractivity contribution in [2.75, 3.05) is 13.2 Å². The summed E-state index contributed by atoms with van der Waals surface area (Å²) >= 11 is 0. The summed E-state index contributed by atoms with van der Waals surface area (Å²) in [6, 6.07) is 17.5. The van der Waals surface area contributed by atoms with Crippen LogP contribution in [0, 0.1) is 23.7 Å². The number of rotatable bonds is 6. The molecule has 0 aliphatic heterocycles. The van der Waals surface area contributed by atoms with Gasteiger partial charge in [0.05, 0.1) is 0 Å². The average molecular weight is 419 g/mol. The number of para-hydroxylation sites is 1. The van der Waals surface area contributed by atoms with Crippen LogP contribution in [0.2, 0.25) is 0 Å². The van der Waals surface area contributed by atoms with Crippen LogP contribution in [0.5, 0.6) is 11.5 Å². The highest BCUT2D eigenvalue weighted by molar-refractivity contribution is 5.65. The molecule has 31 heavy (non-hydrogen) atoms. The third-order valence-electron chi connectivity index (χ3n) is 7.64. The van der Waals surface area contributed by atoms with Crippen LogP contribution >= 0.6 is 0 Å². The molecule has 2 bridgehead atoms. The van der Waals surface area contributed by atoms with Gasteiger partial charge in [0.2, 0.25) is 0 Å². The predicted octanol–water partition coefficient (Wildman–Crippen LogP) is 6.83.